The number of primary amides is 1. The van der Waals surface area contributed by atoms with Gasteiger partial charge in [0.15, 0.2) is 0 Å². The summed E-state index contributed by atoms with van der Waals surface area (Å²) < 4.78 is 5.29. The van der Waals surface area contributed by atoms with E-state index in [0.717, 1.165) is 11.3 Å². The largest absolute Gasteiger partial charge is 0.496 e. The second-order valence-electron chi connectivity index (χ2n) is 4.28. The van der Waals surface area contributed by atoms with Crippen LogP contribution in [0.15, 0.2) is 24.3 Å². The van der Waals surface area contributed by atoms with Gasteiger partial charge in [0.05, 0.1) is 13.7 Å². The molecule has 0 fully saturated rings. The number of benzene rings is 1. The van der Waals surface area contributed by atoms with E-state index >= 15 is 0 Å². The van der Waals surface area contributed by atoms with Gasteiger partial charge in [-0.15, -0.1) is 0 Å². The number of hydrogen-bond donors (Lipinski definition) is 1. The summed E-state index contributed by atoms with van der Waals surface area (Å²) in [5, 5.41) is 0. The molecule has 17 heavy (non-hydrogen) atoms. The highest BCUT2D eigenvalue weighted by Crippen LogP contribution is 2.19. The molecule has 1 amide bonds. The standard InChI is InChI=1S/C13H20N2O2/c1-10(2)15(9-13(14)16)8-11-6-4-5-7-12(11)17-3/h4-7,10H,8-9H2,1-3H3,(H2,14,16). The van der Waals surface area contributed by atoms with E-state index in [1.165, 1.54) is 0 Å². The Morgan fingerprint density at radius 2 is 2.06 bits per heavy atom. The fraction of sp³-hybridized carbons (Fsp3) is 0.462. The normalized spacial score (nSPS) is 10.9. The van der Waals surface area contributed by atoms with Crippen molar-refractivity contribution in [2.75, 3.05) is 13.7 Å². The SMILES string of the molecule is COc1ccccc1CN(CC(N)=O)C(C)C. The summed E-state index contributed by atoms with van der Waals surface area (Å²) in [7, 11) is 1.65. The molecule has 94 valence electrons. The van der Waals surface area contributed by atoms with Gasteiger partial charge in [-0.1, -0.05) is 18.2 Å². The van der Waals surface area contributed by atoms with Crippen LogP contribution in [-0.4, -0.2) is 30.5 Å². The van der Waals surface area contributed by atoms with Crippen LogP contribution in [0.25, 0.3) is 0 Å². The van der Waals surface area contributed by atoms with Crippen LogP contribution in [0, 0.1) is 0 Å². The summed E-state index contributed by atoms with van der Waals surface area (Å²) in [6.07, 6.45) is 0. The molecule has 0 unspecified atom stereocenters. The maximum absolute atomic E-state index is 11.0. The number of carbonyl (C=O) groups is 1. The van der Waals surface area contributed by atoms with Gasteiger partial charge in [-0.05, 0) is 19.9 Å². The molecule has 0 aliphatic carbocycles. The van der Waals surface area contributed by atoms with Crippen molar-refractivity contribution < 1.29 is 9.53 Å². The molecule has 0 aromatic heterocycles. The Balaban J connectivity index is 2.81. The first-order valence-electron chi connectivity index (χ1n) is 5.68. The fourth-order valence-electron chi connectivity index (χ4n) is 1.67. The number of carbonyl (C=O) groups excluding carboxylic acids is 1. The van der Waals surface area contributed by atoms with Crippen molar-refractivity contribution in [2.24, 2.45) is 5.73 Å². The summed E-state index contributed by atoms with van der Waals surface area (Å²) in [5.41, 5.74) is 6.30. The Morgan fingerprint density at radius 3 is 2.59 bits per heavy atom. The average Bonchev–Trinajstić information content (AvgIpc) is 2.28. The highest BCUT2D eigenvalue weighted by Gasteiger charge is 2.14. The summed E-state index contributed by atoms with van der Waals surface area (Å²) >= 11 is 0. The third-order valence-electron chi connectivity index (χ3n) is 2.66. The summed E-state index contributed by atoms with van der Waals surface area (Å²) in [6.45, 7) is 5.00. The first kappa shape index (κ1) is 13.5. The van der Waals surface area contributed by atoms with E-state index in [1.807, 2.05) is 43.0 Å². The zero-order valence-corrected chi connectivity index (χ0v) is 10.6. The molecule has 0 aliphatic rings. The molecule has 0 aliphatic heterocycles. The van der Waals surface area contributed by atoms with Gasteiger partial charge in [-0.3, -0.25) is 9.69 Å². The molecule has 2 N–H and O–H groups in total. The maximum Gasteiger partial charge on any atom is 0.231 e. The van der Waals surface area contributed by atoms with Crippen molar-refractivity contribution >= 4 is 5.91 Å². The Hall–Kier alpha value is -1.55. The van der Waals surface area contributed by atoms with Crippen LogP contribution in [0.1, 0.15) is 19.4 Å². The van der Waals surface area contributed by atoms with Crippen molar-refractivity contribution in [1.82, 2.24) is 4.90 Å². The molecule has 0 saturated heterocycles. The number of ether oxygens (including phenoxy) is 1. The predicted molar refractivity (Wildman–Crippen MR) is 67.7 cm³/mol. The van der Waals surface area contributed by atoms with Crippen LogP contribution >= 0.6 is 0 Å². The summed E-state index contributed by atoms with van der Waals surface area (Å²) in [6, 6.07) is 8.05. The van der Waals surface area contributed by atoms with Gasteiger partial charge in [-0.25, -0.2) is 0 Å². The number of methoxy groups -OCH3 is 1. The van der Waals surface area contributed by atoms with Crippen molar-refractivity contribution in [2.45, 2.75) is 26.4 Å². The zero-order chi connectivity index (χ0) is 12.8. The summed E-state index contributed by atoms with van der Waals surface area (Å²) in [4.78, 5) is 13.0. The fourth-order valence-corrected chi connectivity index (χ4v) is 1.67. The molecular weight excluding hydrogens is 216 g/mol. The molecule has 1 aromatic carbocycles. The number of amides is 1. The van der Waals surface area contributed by atoms with E-state index in [0.29, 0.717) is 6.54 Å². The molecule has 4 nitrogen and oxygen atoms in total. The predicted octanol–water partition coefficient (Wildman–Crippen LogP) is 1.39. The van der Waals surface area contributed by atoms with Gasteiger partial charge < -0.3 is 10.5 Å². The molecule has 0 radical (unpaired) electrons. The summed E-state index contributed by atoms with van der Waals surface area (Å²) in [5.74, 6) is 0.524. The van der Waals surface area contributed by atoms with Gasteiger partial charge in [-0.2, -0.15) is 0 Å². The Morgan fingerprint density at radius 1 is 1.41 bits per heavy atom. The molecule has 4 heteroatoms. The van der Waals surface area contributed by atoms with Crippen LogP contribution in [0.4, 0.5) is 0 Å². The third kappa shape index (κ3) is 4.07. The van der Waals surface area contributed by atoms with Gasteiger partial charge in [0.2, 0.25) is 5.91 Å². The Kier molecular flexibility index (Phi) is 4.97. The topological polar surface area (TPSA) is 55.6 Å². The molecule has 0 saturated carbocycles. The van der Waals surface area contributed by atoms with Gasteiger partial charge in [0.25, 0.3) is 0 Å². The first-order valence-corrected chi connectivity index (χ1v) is 5.68. The minimum Gasteiger partial charge on any atom is -0.496 e. The highest BCUT2D eigenvalue weighted by atomic mass is 16.5. The van der Waals surface area contributed by atoms with Crippen molar-refractivity contribution in [3.05, 3.63) is 29.8 Å². The number of para-hydroxylation sites is 1. The van der Waals surface area contributed by atoms with Crippen LogP contribution < -0.4 is 10.5 Å². The van der Waals surface area contributed by atoms with Gasteiger partial charge >= 0.3 is 0 Å². The smallest absolute Gasteiger partial charge is 0.231 e. The van der Waals surface area contributed by atoms with E-state index in [-0.39, 0.29) is 18.5 Å². The second kappa shape index (κ2) is 6.25. The van der Waals surface area contributed by atoms with E-state index in [9.17, 15) is 4.79 Å². The molecule has 0 atom stereocenters. The lowest BCUT2D eigenvalue weighted by molar-refractivity contribution is -0.119. The maximum atomic E-state index is 11.0. The number of rotatable bonds is 6. The van der Waals surface area contributed by atoms with Crippen molar-refractivity contribution in [3.63, 3.8) is 0 Å². The third-order valence-corrected chi connectivity index (χ3v) is 2.66. The molecule has 1 rings (SSSR count). The Bertz CT molecular complexity index is 377. The van der Waals surface area contributed by atoms with Gasteiger partial charge in [0.1, 0.15) is 5.75 Å². The average molecular weight is 236 g/mol. The lowest BCUT2D eigenvalue weighted by Crippen LogP contribution is -2.38. The minimum absolute atomic E-state index is 0.257. The quantitative estimate of drug-likeness (QED) is 0.812. The molecule has 0 spiro atoms. The molecule has 1 aromatic rings. The lowest BCUT2D eigenvalue weighted by Gasteiger charge is -2.25. The minimum atomic E-state index is -0.311. The molecular formula is C13H20N2O2. The van der Waals surface area contributed by atoms with Crippen LogP contribution in [0.5, 0.6) is 5.75 Å². The molecule has 0 bridgehead atoms. The number of nitrogens with two attached hydrogens (primary N) is 1. The lowest BCUT2D eigenvalue weighted by atomic mass is 10.1. The van der Waals surface area contributed by atoms with Crippen LogP contribution in [0.3, 0.4) is 0 Å². The Labute approximate surface area is 102 Å². The zero-order valence-electron chi connectivity index (χ0n) is 10.6. The van der Waals surface area contributed by atoms with Gasteiger partial charge in [0, 0.05) is 18.2 Å². The molecule has 0 heterocycles. The van der Waals surface area contributed by atoms with E-state index in [2.05, 4.69) is 0 Å². The van der Waals surface area contributed by atoms with Crippen molar-refractivity contribution in [1.29, 1.82) is 0 Å². The second-order valence-corrected chi connectivity index (χ2v) is 4.28. The monoisotopic (exact) mass is 236 g/mol. The van der Waals surface area contributed by atoms with Crippen molar-refractivity contribution in [3.8, 4) is 5.75 Å². The number of hydrogen-bond acceptors (Lipinski definition) is 3. The van der Waals surface area contributed by atoms with E-state index in [4.69, 9.17) is 10.5 Å². The van der Waals surface area contributed by atoms with E-state index < -0.39 is 0 Å². The van der Waals surface area contributed by atoms with Crippen LogP contribution in [0.2, 0.25) is 0 Å². The van der Waals surface area contributed by atoms with E-state index in [1.54, 1.807) is 7.11 Å². The van der Waals surface area contributed by atoms with Crippen LogP contribution in [-0.2, 0) is 11.3 Å². The number of nitrogens with zero attached hydrogens (tertiary/aromatic N) is 1. The highest BCUT2D eigenvalue weighted by molar-refractivity contribution is 5.75. The first-order chi connectivity index (χ1) is 8.04.